The lowest BCUT2D eigenvalue weighted by atomic mass is 10.1. The smallest absolute Gasteiger partial charge is 0.238 e. The predicted molar refractivity (Wildman–Crippen MR) is 119 cm³/mol. The average Bonchev–Trinajstić information content (AvgIpc) is 3.17. The summed E-state index contributed by atoms with van der Waals surface area (Å²) in [5.41, 5.74) is 3.01. The Morgan fingerprint density at radius 1 is 1.17 bits per heavy atom. The molecule has 1 aliphatic heterocycles. The van der Waals surface area contributed by atoms with E-state index in [1.807, 2.05) is 36.9 Å². The fourth-order valence-corrected chi connectivity index (χ4v) is 4.18. The number of thioether (sulfide) groups is 1. The van der Waals surface area contributed by atoms with Crippen LogP contribution in [0.5, 0.6) is 0 Å². The first-order valence-corrected chi connectivity index (χ1v) is 11.3. The summed E-state index contributed by atoms with van der Waals surface area (Å²) in [6, 6.07) is 5.98. The van der Waals surface area contributed by atoms with Gasteiger partial charge in [0.2, 0.25) is 17.0 Å². The highest BCUT2D eigenvalue weighted by molar-refractivity contribution is 7.99. The maximum absolute atomic E-state index is 12.5. The quantitative estimate of drug-likeness (QED) is 0.624. The first kappa shape index (κ1) is 22.3. The van der Waals surface area contributed by atoms with E-state index in [1.165, 1.54) is 11.8 Å². The molecule has 0 aliphatic carbocycles. The minimum Gasteiger partial charge on any atom is -0.339 e. The van der Waals surface area contributed by atoms with Crippen LogP contribution in [0.15, 0.2) is 23.4 Å². The number of aromatic amines is 1. The molecule has 1 aliphatic rings. The largest absolute Gasteiger partial charge is 0.339 e. The topological polar surface area (TPSA) is 94.2 Å². The normalized spacial score (nSPS) is 14.7. The van der Waals surface area contributed by atoms with Crippen LogP contribution < -0.4 is 5.32 Å². The summed E-state index contributed by atoms with van der Waals surface area (Å²) in [7, 11) is 0. The molecule has 2 heterocycles. The molecule has 1 fully saturated rings. The number of aromatic nitrogens is 3. The Hall–Kier alpha value is -2.39. The summed E-state index contributed by atoms with van der Waals surface area (Å²) < 4.78 is 0. The maximum atomic E-state index is 12.5. The van der Waals surface area contributed by atoms with Crippen LogP contribution >= 0.6 is 11.8 Å². The Labute approximate surface area is 181 Å². The Kier molecular flexibility index (Phi) is 7.87. The van der Waals surface area contributed by atoms with Gasteiger partial charge in [-0.1, -0.05) is 36.9 Å². The van der Waals surface area contributed by atoms with Crippen molar-refractivity contribution in [2.24, 2.45) is 0 Å². The fourth-order valence-electron chi connectivity index (χ4n) is 3.46. The Morgan fingerprint density at radius 2 is 1.87 bits per heavy atom. The molecule has 3 rings (SSSR count). The maximum Gasteiger partial charge on any atom is 0.238 e. The van der Waals surface area contributed by atoms with Gasteiger partial charge in [0.1, 0.15) is 5.82 Å². The second kappa shape index (κ2) is 10.6. The highest BCUT2D eigenvalue weighted by Gasteiger charge is 2.23. The summed E-state index contributed by atoms with van der Waals surface area (Å²) in [5, 5.41) is 10.7. The summed E-state index contributed by atoms with van der Waals surface area (Å²) in [5.74, 6) is 1.26. The van der Waals surface area contributed by atoms with Crippen molar-refractivity contribution >= 4 is 29.3 Å². The number of nitrogens with zero attached hydrogens (tertiary/aromatic N) is 4. The van der Waals surface area contributed by atoms with E-state index in [1.54, 1.807) is 0 Å². The summed E-state index contributed by atoms with van der Waals surface area (Å²) in [6.07, 6.45) is 1.87. The lowest BCUT2D eigenvalue weighted by Gasteiger charge is -2.34. The summed E-state index contributed by atoms with van der Waals surface area (Å²) in [4.78, 5) is 33.3. The zero-order chi connectivity index (χ0) is 21.5. The van der Waals surface area contributed by atoms with Gasteiger partial charge in [-0.2, -0.15) is 0 Å². The monoisotopic (exact) mass is 430 g/mol. The Morgan fingerprint density at radius 3 is 2.53 bits per heavy atom. The fraction of sp³-hybridized carbons (Fsp3) is 0.524. The van der Waals surface area contributed by atoms with Gasteiger partial charge >= 0.3 is 0 Å². The number of benzene rings is 1. The number of amides is 2. The molecular formula is C21H30N6O2S. The van der Waals surface area contributed by atoms with E-state index in [9.17, 15) is 9.59 Å². The van der Waals surface area contributed by atoms with E-state index in [0.29, 0.717) is 43.6 Å². The van der Waals surface area contributed by atoms with Crippen molar-refractivity contribution in [3.8, 4) is 0 Å². The minimum absolute atomic E-state index is 0.0183. The van der Waals surface area contributed by atoms with Crippen molar-refractivity contribution in [3.05, 3.63) is 35.2 Å². The molecule has 1 aromatic heterocycles. The number of anilines is 1. The first-order chi connectivity index (χ1) is 14.5. The molecule has 30 heavy (non-hydrogen) atoms. The van der Waals surface area contributed by atoms with Crippen LogP contribution in [0.25, 0.3) is 0 Å². The number of nitrogens with one attached hydrogen (secondary N) is 2. The highest BCUT2D eigenvalue weighted by Crippen LogP contribution is 2.19. The molecule has 9 heteroatoms. The number of aryl methyl sites for hydroxylation is 3. The molecule has 0 atom stereocenters. The summed E-state index contributed by atoms with van der Waals surface area (Å²) >= 11 is 1.36. The predicted octanol–water partition coefficient (Wildman–Crippen LogP) is 2.25. The van der Waals surface area contributed by atoms with E-state index in [-0.39, 0.29) is 11.8 Å². The molecule has 0 radical (unpaired) electrons. The van der Waals surface area contributed by atoms with Crippen molar-refractivity contribution in [2.75, 3.05) is 43.8 Å². The Balaban J connectivity index is 1.40. The third-order valence-corrected chi connectivity index (χ3v) is 5.99. The SMILES string of the molecule is CCCc1nc(SCC(=O)N2CCN(CC(=O)Nc3c(C)cccc3C)CC2)n[nH]1. The van der Waals surface area contributed by atoms with E-state index in [0.717, 1.165) is 35.5 Å². The zero-order valence-corrected chi connectivity index (χ0v) is 18.7. The van der Waals surface area contributed by atoms with E-state index < -0.39 is 0 Å². The van der Waals surface area contributed by atoms with Crippen LogP contribution in [0.2, 0.25) is 0 Å². The number of H-pyrrole nitrogens is 1. The van der Waals surface area contributed by atoms with Crippen molar-refractivity contribution in [1.29, 1.82) is 0 Å². The number of carbonyl (C=O) groups excluding carboxylic acids is 2. The molecule has 1 aromatic carbocycles. The van der Waals surface area contributed by atoms with Gasteiger partial charge < -0.3 is 10.2 Å². The molecule has 8 nitrogen and oxygen atoms in total. The molecule has 0 saturated carbocycles. The molecular weight excluding hydrogens is 400 g/mol. The molecule has 162 valence electrons. The zero-order valence-electron chi connectivity index (χ0n) is 17.9. The molecule has 0 bridgehead atoms. The lowest BCUT2D eigenvalue weighted by molar-refractivity contribution is -0.130. The van der Waals surface area contributed by atoms with Crippen LogP contribution in [0.3, 0.4) is 0 Å². The second-order valence-corrected chi connectivity index (χ2v) is 8.52. The highest BCUT2D eigenvalue weighted by atomic mass is 32.2. The van der Waals surface area contributed by atoms with Crippen LogP contribution in [0.1, 0.15) is 30.3 Å². The number of rotatable bonds is 8. The molecule has 0 unspecified atom stereocenters. The van der Waals surface area contributed by atoms with E-state index in [2.05, 4.69) is 32.3 Å². The number of piperazine rings is 1. The van der Waals surface area contributed by atoms with Gasteiger partial charge in [-0.25, -0.2) is 4.98 Å². The van der Waals surface area contributed by atoms with Crippen LogP contribution in [0, 0.1) is 13.8 Å². The van der Waals surface area contributed by atoms with Crippen molar-refractivity contribution in [3.63, 3.8) is 0 Å². The average molecular weight is 431 g/mol. The van der Waals surface area contributed by atoms with Crippen molar-refractivity contribution in [1.82, 2.24) is 25.0 Å². The van der Waals surface area contributed by atoms with Crippen molar-refractivity contribution < 1.29 is 9.59 Å². The standard InChI is InChI=1S/C21H30N6O2S/c1-4-6-17-22-21(25-24-17)30-14-19(29)27-11-9-26(10-12-27)13-18(28)23-20-15(2)7-5-8-16(20)3/h5,7-8H,4,6,9-14H2,1-3H3,(H,23,28)(H,22,24,25). The minimum atomic E-state index is -0.0183. The third-order valence-electron chi connectivity index (χ3n) is 5.16. The van der Waals surface area contributed by atoms with Crippen LogP contribution in [0.4, 0.5) is 5.69 Å². The third kappa shape index (κ3) is 6.06. The number of carbonyl (C=O) groups is 2. The van der Waals surface area contributed by atoms with E-state index in [4.69, 9.17) is 0 Å². The van der Waals surface area contributed by atoms with Gasteiger partial charge in [0.25, 0.3) is 0 Å². The van der Waals surface area contributed by atoms with Gasteiger partial charge in [-0.05, 0) is 31.4 Å². The van der Waals surface area contributed by atoms with Crippen LogP contribution in [-0.4, -0.2) is 75.3 Å². The molecule has 0 spiro atoms. The lowest BCUT2D eigenvalue weighted by Crippen LogP contribution is -2.50. The Bertz CT molecular complexity index is 856. The van der Waals surface area contributed by atoms with E-state index >= 15 is 0 Å². The van der Waals surface area contributed by atoms with Gasteiger partial charge in [0.15, 0.2) is 0 Å². The van der Waals surface area contributed by atoms with Gasteiger partial charge in [-0.3, -0.25) is 19.6 Å². The number of hydrogen-bond acceptors (Lipinski definition) is 6. The molecule has 2 amide bonds. The van der Waals surface area contributed by atoms with Crippen LogP contribution in [-0.2, 0) is 16.0 Å². The molecule has 2 N–H and O–H groups in total. The van der Waals surface area contributed by atoms with Crippen molar-refractivity contribution in [2.45, 2.75) is 38.8 Å². The number of hydrogen-bond donors (Lipinski definition) is 2. The second-order valence-electron chi connectivity index (χ2n) is 7.58. The van der Waals surface area contributed by atoms with Gasteiger partial charge in [0, 0.05) is 38.3 Å². The van der Waals surface area contributed by atoms with Gasteiger partial charge in [-0.15, -0.1) is 5.10 Å². The molecule has 2 aromatic rings. The van der Waals surface area contributed by atoms with Gasteiger partial charge in [0.05, 0.1) is 12.3 Å². The number of para-hydroxylation sites is 1. The first-order valence-electron chi connectivity index (χ1n) is 10.4. The summed E-state index contributed by atoms with van der Waals surface area (Å²) in [6.45, 7) is 9.06. The molecule has 1 saturated heterocycles.